The van der Waals surface area contributed by atoms with Gasteiger partial charge in [0.1, 0.15) is 11.6 Å². The van der Waals surface area contributed by atoms with Crippen LogP contribution < -0.4 is 5.32 Å². The van der Waals surface area contributed by atoms with Gasteiger partial charge in [0.2, 0.25) is 0 Å². The molecule has 3 nitrogen and oxygen atoms in total. The van der Waals surface area contributed by atoms with Crippen molar-refractivity contribution >= 4 is 0 Å². The molecule has 3 rings (SSSR count). The van der Waals surface area contributed by atoms with E-state index in [0.29, 0.717) is 0 Å². The van der Waals surface area contributed by atoms with Crippen molar-refractivity contribution < 1.29 is 14.2 Å². The summed E-state index contributed by atoms with van der Waals surface area (Å²) in [4.78, 5) is 0. The number of hydrogen-bond donors (Lipinski definition) is 2. The Morgan fingerprint density at radius 2 is 1.77 bits per heavy atom. The second-order valence-corrected chi connectivity index (χ2v) is 7.92. The van der Waals surface area contributed by atoms with Gasteiger partial charge in [0.15, 0.2) is 0 Å². The van der Waals surface area contributed by atoms with Crippen molar-refractivity contribution in [3.05, 3.63) is 65.5 Å². The molecular weight excluding hydrogens is 329 g/mol. The van der Waals surface area contributed by atoms with Gasteiger partial charge >= 0.3 is 0 Å². The summed E-state index contributed by atoms with van der Waals surface area (Å²) in [5.41, 5.74) is 2.16. The van der Waals surface area contributed by atoms with E-state index in [1.165, 1.54) is 5.56 Å². The maximum Gasteiger partial charge on any atom is 0.123 e. The lowest BCUT2D eigenvalue weighted by atomic mass is 9.67. The van der Waals surface area contributed by atoms with E-state index in [2.05, 4.69) is 19.2 Å². The summed E-state index contributed by atoms with van der Waals surface area (Å²) in [6.45, 7) is 6.62. The first-order chi connectivity index (χ1) is 12.4. The minimum Gasteiger partial charge on any atom is -0.508 e. The Hall–Kier alpha value is -1.91. The zero-order valence-electron chi connectivity index (χ0n) is 15.6. The molecule has 140 valence electrons. The molecule has 2 N–H and O–H groups in total. The third-order valence-corrected chi connectivity index (χ3v) is 5.34. The summed E-state index contributed by atoms with van der Waals surface area (Å²) in [6.07, 6.45) is 2.85. The van der Waals surface area contributed by atoms with Crippen LogP contribution in [0.2, 0.25) is 0 Å². The molecule has 1 aliphatic heterocycles. The summed E-state index contributed by atoms with van der Waals surface area (Å²) in [5, 5.41) is 12.9. The van der Waals surface area contributed by atoms with Crippen molar-refractivity contribution in [1.29, 1.82) is 0 Å². The van der Waals surface area contributed by atoms with Gasteiger partial charge in [-0.3, -0.25) is 0 Å². The average molecular weight is 357 g/mol. The highest BCUT2D eigenvalue weighted by molar-refractivity contribution is 5.28. The van der Waals surface area contributed by atoms with E-state index >= 15 is 0 Å². The number of phenols is 1. The maximum atomic E-state index is 13.4. The number of nitrogens with one attached hydrogen (secondary N) is 1. The molecule has 1 fully saturated rings. The van der Waals surface area contributed by atoms with E-state index in [1.54, 1.807) is 24.3 Å². The first kappa shape index (κ1) is 18.9. The SMILES string of the molecule is CC1(C)CC(CCNCc2ccc(O)cc2)(c2ccc(F)cc2)CCO1. The molecule has 1 unspecified atom stereocenters. The minimum absolute atomic E-state index is 0.00257. The van der Waals surface area contributed by atoms with Crippen LogP contribution in [0.3, 0.4) is 0 Å². The van der Waals surface area contributed by atoms with E-state index in [1.807, 2.05) is 24.3 Å². The van der Waals surface area contributed by atoms with Crippen molar-refractivity contribution in [3.8, 4) is 5.75 Å². The molecule has 0 saturated carbocycles. The fourth-order valence-corrected chi connectivity index (χ4v) is 4.06. The third-order valence-electron chi connectivity index (χ3n) is 5.34. The normalized spacial score (nSPS) is 22.3. The molecule has 1 heterocycles. The Labute approximate surface area is 155 Å². The number of ether oxygens (including phenoxy) is 1. The van der Waals surface area contributed by atoms with Gasteiger partial charge < -0.3 is 15.2 Å². The van der Waals surface area contributed by atoms with Crippen LogP contribution >= 0.6 is 0 Å². The quantitative estimate of drug-likeness (QED) is 0.746. The number of hydrogen-bond acceptors (Lipinski definition) is 3. The number of rotatable bonds is 6. The first-order valence-corrected chi connectivity index (χ1v) is 9.27. The number of benzene rings is 2. The second kappa shape index (κ2) is 7.77. The lowest BCUT2D eigenvalue weighted by molar-refractivity contribution is -0.0840. The fraction of sp³-hybridized carbons (Fsp3) is 0.455. The van der Waals surface area contributed by atoms with Gasteiger partial charge in [-0.2, -0.15) is 0 Å². The molecule has 0 aromatic heterocycles. The van der Waals surface area contributed by atoms with Gasteiger partial charge in [0.25, 0.3) is 0 Å². The smallest absolute Gasteiger partial charge is 0.123 e. The molecule has 0 bridgehead atoms. The van der Waals surface area contributed by atoms with Crippen LogP contribution in [0.15, 0.2) is 48.5 Å². The fourth-order valence-electron chi connectivity index (χ4n) is 4.06. The van der Waals surface area contributed by atoms with Crippen molar-refractivity contribution in [2.75, 3.05) is 13.2 Å². The van der Waals surface area contributed by atoms with Crippen molar-refractivity contribution in [2.24, 2.45) is 0 Å². The topological polar surface area (TPSA) is 41.5 Å². The second-order valence-electron chi connectivity index (χ2n) is 7.92. The monoisotopic (exact) mass is 357 g/mol. The van der Waals surface area contributed by atoms with E-state index < -0.39 is 0 Å². The molecule has 1 atom stereocenters. The van der Waals surface area contributed by atoms with E-state index in [0.717, 1.165) is 44.5 Å². The van der Waals surface area contributed by atoms with Gasteiger partial charge in [-0.1, -0.05) is 24.3 Å². The maximum absolute atomic E-state index is 13.4. The molecule has 1 saturated heterocycles. The zero-order chi connectivity index (χ0) is 18.6. The Morgan fingerprint density at radius 1 is 1.08 bits per heavy atom. The standard InChI is InChI=1S/C22H28FNO2/c1-21(2)16-22(12-14-26-21,18-5-7-19(23)8-6-18)11-13-24-15-17-3-9-20(25)10-4-17/h3-10,24-25H,11-16H2,1-2H3. The highest BCUT2D eigenvalue weighted by Gasteiger charge is 2.41. The largest absolute Gasteiger partial charge is 0.508 e. The Kier molecular flexibility index (Phi) is 5.64. The molecule has 0 spiro atoms. The summed E-state index contributed by atoms with van der Waals surface area (Å²) >= 11 is 0. The first-order valence-electron chi connectivity index (χ1n) is 9.27. The van der Waals surface area contributed by atoms with Crippen molar-refractivity contribution in [3.63, 3.8) is 0 Å². The van der Waals surface area contributed by atoms with Crippen LogP contribution in [0.4, 0.5) is 4.39 Å². The van der Waals surface area contributed by atoms with Crippen molar-refractivity contribution in [2.45, 2.75) is 50.7 Å². The highest BCUT2D eigenvalue weighted by Crippen LogP contribution is 2.43. The third kappa shape index (κ3) is 4.63. The summed E-state index contributed by atoms with van der Waals surface area (Å²) in [5.74, 6) is 0.0918. The predicted octanol–water partition coefficient (Wildman–Crippen LogP) is 4.54. The van der Waals surface area contributed by atoms with Gasteiger partial charge in [0, 0.05) is 18.6 Å². The predicted molar refractivity (Wildman–Crippen MR) is 102 cm³/mol. The molecule has 4 heteroatoms. The van der Waals surface area contributed by atoms with E-state index in [-0.39, 0.29) is 22.6 Å². The Morgan fingerprint density at radius 3 is 2.42 bits per heavy atom. The van der Waals surface area contributed by atoms with Gasteiger partial charge in [-0.15, -0.1) is 0 Å². The summed E-state index contributed by atoms with van der Waals surface area (Å²) in [7, 11) is 0. The minimum atomic E-state index is -0.194. The van der Waals surface area contributed by atoms with Crippen molar-refractivity contribution in [1.82, 2.24) is 5.32 Å². The van der Waals surface area contributed by atoms with E-state index in [4.69, 9.17) is 4.74 Å². The number of phenolic OH excluding ortho intramolecular Hbond substituents is 1. The van der Waals surface area contributed by atoms with Crippen LogP contribution in [0.25, 0.3) is 0 Å². The molecular formula is C22H28FNO2. The molecule has 26 heavy (non-hydrogen) atoms. The Bertz CT molecular complexity index is 712. The van der Waals surface area contributed by atoms with Crippen LogP contribution in [0.5, 0.6) is 5.75 Å². The molecule has 2 aromatic rings. The lowest BCUT2D eigenvalue weighted by Gasteiger charge is -2.45. The van der Waals surface area contributed by atoms with Crippen LogP contribution in [0.1, 0.15) is 44.2 Å². The Balaban J connectivity index is 1.68. The van der Waals surface area contributed by atoms with Gasteiger partial charge in [0.05, 0.1) is 5.60 Å². The number of halogens is 1. The molecule has 1 aliphatic rings. The van der Waals surface area contributed by atoms with Crippen LogP contribution in [-0.4, -0.2) is 23.9 Å². The van der Waals surface area contributed by atoms with Gasteiger partial charge in [-0.05, 0) is 75.0 Å². The highest BCUT2D eigenvalue weighted by atomic mass is 19.1. The number of aromatic hydroxyl groups is 1. The van der Waals surface area contributed by atoms with Crippen LogP contribution in [0, 0.1) is 5.82 Å². The molecule has 0 aliphatic carbocycles. The summed E-state index contributed by atoms with van der Waals surface area (Å²) in [6, 6.07) is 14.2. The van der Waals surface area contributed by atoms with Gasteiger partial charge in [-0.25, -0.2) is 4.39 Å². The molecule has 0 amide bonds. The van der Waals surface area contributed by atoms with E-state index in [9.17, 15) is 9.50 Å². The molecule has 0 radical (unpaired) electrons. The molecule has 2 aromatic carbocycles. The zero-order valence-corrected chi connectivity index (χ0v) is 15.6. The lowest BCUT2D eigenvalue weighted by Crippen LogP contribution is -2.45. The average Bonchev–Trinajstić information content (AvgIpc) is 2.60. The summed E-state index contributed by atoms with van der Waals surface area (Å²) < 4.78 is 19.3. The van der Waals surface area contributed by atoms with Crippen LogP contribution in [-0.2, 0) is 16.7 Å².